The third-order valence-corrected chi connectivity index (χ3v) is 9.18. The monoisotopic (exact) mass is 344 g/mol. The number of ether oxygens (including phenoxy) is 1. The zero-order chi connectivity index (χ0) is 17.7. The second kappa shape index (κ2) is 8.39. The molecule has 0 aliphatic carbocycles. The van der Waals surface area contributed by atoms with Crippen molar-refractivity contribution in [1.82, 2.24) is 10.8 Å². The van der Waals surface area contributed by atoms with Gasteiger partial charge in [0, 0.05) is 13.0 Å². The number of esters is 1. The molecule has 0 aromatic rings. The number of hydrogen-bond acceptors (Lipinski definition) is 6. The molecule has 1 saturated heterocycles. The summed E-state index contributed by atoms with van der Waals surface area (Å²) < 4.78 is 11.4. The van der Waals surface area contributed by atoms with Crippen LogP contribution in [0.25, 0.3) is 0 Å². The first kappa shape index (κ1) is 20.3. The van der Waals surface area contributed by atoms with Crippen LogP contribution < -0.4 is 10.8 Å². The Kier molecular flexibility index (Phi) is 7.41. The van der Waals surface area contributed by atoms with Crippen LogP contribution in [0, 0.1) is 0 Å². The van der Waals surface area contributed by atoms with E-state index >= 15 is 0 Å². The van der Waals surface area contributed by atoms with E-state index in [0.29, 0.717) is 19.6 Å². The smallest absolute Gasteiger partial charge is 0.322 e. The molecule has 0 aromatic heterocycles. The summed E-state index contributed by atoms with van der Waals surface area (Å²) in [6.45, 7) is 15.7. The van der Waals surface area contributed by atoms with E-state index in [9.17, 15) is 4.79 Å². The van der Waals surface area contributed by atoms with Crippen LogP contribution in [0.4, 0.5) is 0 Å². The van der Waals surface area contributed by atoms with Gasteiger partial charge in [-0.25, -0.2) is 0 Å². The highest BCUT2D eigenvalue weighted by Crippen LogP contribution is 2.38. The van der Waals surface area contributed by atoms with Gasteiger partial charge in [-0.05, 0) is 18.1 Å². The van der Waals surface area contributed by atoms with Gasteiger partial charge in [0.25, 0.3) is 0 Å². The van der Waals surface area contributed by atoms with Gasteiger partial charge in [0.1, 0.15) is 6.04 Å². The number of carbonyl (C=O) groups is 1. The van der Waals surface area contributed by atoms with Gasteiger partial charge in [-0.2, -0.15) is 5.48 Å². The van der Waals surface area contributed by atoms with Crippen molar-refractivity contribution in [2.24, 2.45) is 0 Å². The SMILES string of the molecule is C=CCON[C@H]1CN[C@H](C(=O)OC)CC1O[Si](C)(C)C(C)(C)C. The van der Waals surface area contributed by atoms with Gasteiger partial charge in [-0.15, -0.1) is 6.58 Å². The van der Waals surface area contributed by atoms with Crippen molar-refractivity contribution in [2.75, 3.05) is 20.3 Å². The van der Waals surface area contributed by atoms with E-state index in [1.54, 1.807) is 6.08 Å². The second-order valence-corrected chi connectivity index (χ2v) is 12.2. The average Bonchev–Trinajstić information content (AvgIpc) is 2.46. The van der Waals surface area contributed by atoms with E-state index in [-0.39, 0.29) is 29.2 Å². The molecule has 0 amide bonds. The Bertz CT molecular complexity index is 409. The minimum atomic E-state index is -1.95. The molecule has 0 aromatic carbocycles. The summed E-state index contributed by atoms with van der Waals surface area (Å²) in [6.07, 6.45) is 2.14. The van der Waals surface area contributed by atoms with Crippen molar-refractivity contribution in [1.29, 1.82) is 0 Å². The Morgan fingerprint density at radius 2 is 2.09 bits per heavy atom. The lowest BCUT2D eigenvalue weighted by Crippen LogP contribution is -2.61. The summed E-state index contributed by atoms with van der Waals surface area (Å²) in [7, 11) is -0.544. The highest BCUT2D eigenvalue weighted by atomic mass is 28.4. The first-order valence-corrected chi connectivity index (χ1v) is 11.0. The van der Waals surface area contributed by atoms with Crippen molar-refractivity contribution in [3.8, 4) is 0 Å². The fraction of sp³-hybridized carbons (Fsp3) is 0.812. The molecule has 134 valence electrons. The minimum Gasteiger partial charge on any atom is -0.468 e. The number of piperidine rings is 1. The number of carbonyl (C=O) groups excluding carboxylic acids is 1. The van der Waals surface area contributed by atoms with Gasteiger partial charge < -0.3 is 14.5 Å². The van der Waals surface area contributed by atoms with Crippen LogP contribution >= 0.6 is 0 Å². The van der Waals surface area contributed by atoms with Crippen LogP contribution in [0.1, 0.15) is 27.2 Å². The van der Waals surface area contributed by atoms with Crippen molar-refractivity contribution in [3.63, 3.8) is 0 Å². The molecule has 1 aliphatic heterocycles. The maximum absolute atomic E-state index is 11.8. The number of hydrogen-bond donors (Lipinski definition) is 2. The summed E-state index contributed by atoms with van der Waals surface area (Å²) in [6, 6.07) is -0.364. The Hall–Kier alpha value is -0.733. The number of methoxy groups -OCH3 is 1. The van der Waals surface area contributed by atoms with Crippen LogP contribution in [0.2, 0.25) is 18.1 Å². The summed E-state index contributed by atoms with van der Waals surface area (Å²) in [4.78, 5) is 17.2. The zero-order valence-corrected chi connectivity index (χ0v) is 16.3. The molecule has 3 atom stereocenters. The molecule has 2 N–H and O–H groups in total. The number of rotatable bonds is 7. The van der Waals surface area contributed by atoms with Crippen molar-refractivity contribution >= 4 is 14.3 Å². The van der Waals surface area contributed by atoms with Crippen LogP contribution in [0.5, 0.6) is 0 Å². The van der Waals surface area contributed by atoms with Crippen LogP contribution in [0.15, 0.2) is 12.7 Å². The molecule has 23 heavy (non-hydrogen) atoms. The van der Waals surface area contributed by atoms with Crippen molar-refractivity contribution < 1.29 is 18.8 Å². The van der Waals surface area contributed by atoms with E-state index in [1.165, 1.54) is 7.11 Å². The summed E-state index contributed by atoms with van der Waals surface area (Å²) >= 11 is 0. The van der Waals surface area contributed by atoms with Crippen LogP contribution in [0.3, 0.4) is 0 Å². The highest BCUT2D eigenvalue weighted by Gasteiger charge is 2.43. The minimum absolute atomic E-state index is 0.0232. The molecule has 0 bridgehead atoms. The van der Waals surface area contributed by atoms with Gasteiger partial charge in [0.05, 0.1) is 25.9 Å². The van der Waals surface area contributed by atoms with E-state index in [2.05, 4.69) is 51.2 Å². The lowest BCUT2D eigenvalue weighted by atomic mass is 9.98. The summed E-state index contributed by atoms with van der Waals surface area (Å²) in [5, 5.41) is 3.30. The molecule has 1 fully saturated rings. The maximum atomic E-state index is 11.8. The Labute approximate surface area is 141 Å². The Morgan fingerprint density at radius 3 is 2.61 bits per heavy atom. The summed E-state index contributed by atoms with van der Waals surface area (Å²) in [5.41, 5.74) is 3.04. The first-order valence-electron chi connectivity index (χ1n) is 8.09. The quantitative estimate of drug-likeness (QED) is 0.242. The number of nitrogens with one attached hydrogen (secondary N) is 2. The largest absolute Gasteiger partial charge is 0.468 e. The van der Waals surface area contributed by atoms with E-state index in [0.717, 1.165) is 0 Å². The van der Waals surface area contributed by atoms with Crippen molar-refractivity contribution in [3.05, 3.63) is 12.7 Å². The van der Waals surface area contributed by atoms with E-state index in [1.807, 2.05) is 0 Å². The van der Waals surface area contributed by atoms with Gasteiger partial charge in [0.15, 0.2) is 8.32 Å². The average molecular weight is 345 g/mol. The molecule has 0 radical (unpaired) electrons. The van der Waals surface area contributed by atoms with Gasteiger partial charge in [-0.3, -0.25) is 9.63 Å². The van der Waals surface area contributed by atoms with Gasteiger partial charge >= 0.3 is 5.97 Å². The Morgan fingerprint density at radius 1 is 1.43 bits per heavy atom. The second-order valence-electron chi connectivity index (χ2n) is 7.46. The topological polar surface area (TPSA) is 68.8 Å². The molecule has 0 spiro atoms. The first-order chi connectivity index (χ1) is 10.6. The third-order valence-electron chi connectivity index (χ3n) is 4.67. The molecular formula is C16H32N2O4Si. The van der Waals surface area contributed by atoms with Crippen LogP contribution in [-0.2, 0) is 18.8 Å². The maximum Gasteiger partial charge on any atom is 0.322 e. The molecule has 1 unspecified atom stereocenters. The highest BCUT2D eigenvalue weighted by molar-refractivity contribution is 6.74. The van der Waals surface area contributed by atoms with Gasteiger partial charge in [0.2, 0.25) is 0 Å². The molecule has 7 heteroatoms. The van der Waals surface area contributed by atoms with Crippen LogP contribution in [-0.4, -0.2) is 52.7 Å². The van der Waals surface area contributed by atoms with Gasteiger partial charge in [-0.1, -0.05) is 26.8 Å². The van der Waals surface area contributed by atoms with Crippen molar-refractivity contribution in [2.45, 2.75) is 63.5 Å². The Balaban J connectivity index is 2.82. The molecule has 1 heterocycles. The standard InChI is InChI=1S/C16H32N2O4Si/c1-8-9-21-18-13-11-17-12(15(19)20-5)10-14(13)22-23(6,7)16(2,3)4/h8,12-14,17-18H,1,9-11H2,2-7H3/t12-,13-,14?/m0/s1. The molecule has 1 rings (SSSR count). The van der Waals surface area contributed by atoms with E-state index < -0.39 is 8.32 Å². The zero-order valence-electron chi connectivity index (χ0n) is 15.3. The molecular weight excluding hydrogens is 312 g/mol. The lowest BCUT2D eigenvalue weighted by Gasteiger charge is -2.44. The predicted octanol–water partition coefficient (Wildman–Crippen LogP) is 1.99. The van der Waals surface area contributed by atoms with E-state index in [4.69, 9.17) is 14.0 Å². The summed E-state index contributed by atoms with van der Waals surface area (Å²) in [5.74, 6) is -0.251. The number of hydroxylamine groups is 1. The molecule has 6 nitrogen and oxygen atoms in total. The lowest BCUT2D eigenvalue weighted by molar-refractivity contribution is -0.145. The fourth-order valence-electron chi connectivity index (χ4n) is 2.22. The fourth-order valence-corrected chi connectivity index (χ4v) is 3.59. The molecule has 0 saturated carbocycles. The normalized spacial score (nSPS) is 25.9. The molecule has 1 aliphatic rings. The predicted molar refractivity (Wildman–Crippen MR) is 93.6 cm³/mol. The third kappa shape index (κ3) is 5.68.